The molecule has 3 atom stereocenters. The highest BCUT2D eigenvalue weighted by atomic mass is 16.1. The molecule has 2 aliphatic rings. The van der Waals surface area contributed by atoms with Crippen molar-refractivity contribution in [3.05, 3.63) is 69.6 Å². The van der Waals surface area contributed by atoms with Gasteiger partial charge in [-0.1, -0.05) is 24.3 Å². The summed E-state index contributed by atoms with van der Waals surface area (Å²) >= 11 is 0. The Morgan fingerprint density at radius 1 is 1.15 bits per heavy atom. The summed E-state index contributed by atoms with van der Waals surface area (Å²) in [5.74, 6) is 0.832. The molecule has 0 amide bonds. The van der Waals surface area contributed by atoms with Crippen LogP contribution in [0.5, 0.6) is 0 Å². The third kappa shape index (κ3) is 3.43. The van der Waals surface area contributed by atoms with E-state index in [0.717, 1.165) is 43.7 Å². The Morgan fingerprint density at radius 2 is 1.96 bits per heavy atom. The normalized spacial score (nSPS) is 24.4. The molecule has 0 radical (unpaired) electrons. The Morgan fingerprint density at radius 3 is 2.74 bits per heavy atom. The second-order valence-corrected chi connectivity index (χ2v) is 8.14. The smallest absolute Gasteiger partial charge is 0.251 e. The van der Waals surface area contributed by atoms with E-state index in [1.54, 1.807) is 6.07 Å². The first kappa shape index (κ1) is 18.0. The monoisotopic (exact) mass is 362 g/mol. The van der Waals surface area contributed by atoms with Crippen LogP contribution in [-0.2, 0) is 6.54 Å². The van der Waals surface area contributed by atoms with Crippen LogP contribution in [0.1, 0.15) is 35.2 Å². The fraction of sp³-hybridized carbons (Fsp3) is 0.455. The van der Waals surface area contributed by atoms with Gasteiger partial charge >= 0.3 is 0 Å². The minimum atomic E-state index is 0.123. The lowest BCUT2D eigenvalue weighted by Crippen LogP contribution is -2.51. The molecule has 2 aliphatic heterocycles. The predicted molar refractivity (Wildman–Crippen MR) is 106 cm³/mol. The topological polar surface area (TPSA) is 52.3 Å². The number of pyridine rings is 1. The largest absolute Gasteiger partial charge is 0.308 e. The average Bonchev–Trinajstić information content (AvgIpc) is 2.65. The fourth-order valence-corrected chi connectivity index (χ4v) is 4.88. The zero-order chi connectivity index (χ0) is 19.0. The first-order chi connectivity index (χ1) is 13.1. The van der Waals surface area contributed by atoms with E-state index in [0.29, 0.717) is 11.8 Å². The molecule has 1 fully saturated rings. The summed E-state index contributed by atoms with van der Waals surface area (Å²) in [5.41, 5.74) is 3.14. The van der Waals surface area contributed by atoms with Crippen molar-refractivity contribution in [1.29, 1.82) is 5.26 Å². The maximum Gasteiger partial charge on any atom is 0.251 e. The molecule has 3 heterocycles. The minimum Gasteiger partial charge on any atom is -0.308 e. The third-order valence-corrected chi connectivity index (χ3v) is 5.96. The van der Waals surface area contributed by atoms with Crippen molar-refractivity contribution in [2.45, 2.75) is 24.9 Å². The zero-order valence-electron chi connectivity index (χ0n) is 16.0. The Bertz CT molecular complexity index is 926. The van der Waals surface area contributed by atoms with Crippen LogP contribution in [0.4, 0.5) is 0 Å². The van der Waals surface area contributed by atoms with Crippen molar-refractivity contribution in [2.24, 2.45) is 5.92 Å². The predicted octanol–water partition coefficient (Wildman–Crippen LogP) is 2.44. The second-order valence-electron chi connectivity index (χ2n) is 8.14. The highest BCUT2D eigenvalue weighted by Crippen LogP contribution is 2.41. The number of piperidine rings is 1. The molecule has 27 heavy (non-hydrogen) atoms. The summed E-state index contributed by atoms with van der Waals surface area (Å²) in [6.45, 7) is 3.57. The van der Waals surface area contributed by atoms with Gasteiger partial charge in [0.15, 0.2) is 0 Å². The standard InChI is InChI=1S/C22H26N4O/c1-24(2)15-21-19-10-18(20-8-5-9-22(27)26(20)21)13-25(14-19)12-17-7-4-3-6-16(17)11-23/h3-9,18-19,21H,10,12-15H2,1-2H3/t18-,19+,21+/m1/s1. The number of fused-ring (bicyclic) bond motifs is 4. The van der Waals surface area contributed by atoms with E-state index in [4.69, 9.17) is 0 Å². The molecule has 2 bridgehead atoms. The van der Waals surface area contributed by atoms with Gasteiger partial charge in [0.1, 0.15) is 0 Å². The number of rotatable bonds is 4. The lowest BCUT2D eigenvalue weighted by Gasteiger charge is -2.47. The highest BCUT2D eigenvalue weighted by Gasteiger charge is 2.40. The van der Waals surface area contributed by atoms with Crippen LogP contribution in [-0.4, -0.2) is 48.1 Å². The Hall–Kier alpha value is -2.42. The van der Waals surface area contributed by atoms with Crippen LogP contribution in [0.25, 0.3) is 0 Å². The van der Waals surface area contributed by atoms with E-state index in [1.165, 1.54) is 5.69 Å². The molecule has 0 aliphatic carbocycles. The molecule has 1 saturated heterocycles. The van der Waals surface area contributed by atoms with Crippen LogP contribution in [0.15, 0.2) is 47.3 Å². The summed E-state index contributed by atoms with van der Waals surface area (Å²) in [4.78, 5) is 17.3. The Balaban J connectivity index is 1.66. The lowest BCUT2D eigenvalue weighted by molar-refractivity contribution is 0.0743. The summed E-state index contributed by atoms with van der Waals surface area (Å²) < 4.78 is 2.05. The molecule has 1 aromatic carbocycles. The quantitative estimate of drug-likeness (QED) is 0.838. The fourth-order valence-electron chi connectivity index (χ4n) is 4.88. The van der Waals surface area contributed by atoms with E-state index < -0.39 is 0 Å². The number of nitrogens with zero attached hydrogens (tertiary/aromatic N) is 4. The number of likely N-dealkylation sites (tertiary alicyclic amines) is 1. The molecule has 0 N–H and O–H groups in total. The molecule has 0 saturated carbocycles. The number of hydrogen-bond donors (Lipinski definition) is 0. The molecular weight excluding hydrogens is 336 g/mol. The van der Waals surface area contributed by atoms with Crippen molar-refractivity contribution in [3.63, 3.8) is 0 Å². The van der Waals surface area contributed by atoms with Gasteiger partial charge in [-0.05, 0) is 44.1 Å². The Labute approximate surface area is 160 Å². The zero-order valence-corrected chi connectivity index (χ0v) is 16.0. The molecule has 5 nitrogen and oxygen atoms in total. The number of aromatic nitrogens is 1. The van der Waals surface area contributed by atoms with Gasteiger partial charge in [-0.15, -0.1) is 0 Å². The Kier molecular flexibility index (Phi) is 4.86. The number of likely N-dealkylation sites (N-methyl/N-ethyl adjacent to an activating group) is 1. The van der Waals surface area contributed by atoms with Crippen molar-refractivity contribution in [1.82, 2.24) is 14.4 Å². The van der Waals surface area contributed by atoms with Crippen LogP contribution < -0.4 is 5.56 Å². The lowest BCUT2D eigenvalue weighted by atomic mass is 9.78. The SMILES string of the molecule is CN(C)C[C@H]1[C@H]2C[C@H](CN(Cc3ccccc3C#N)C2)c2cccc(=O)n21. The second kappa shape index (κ2) is 7.30. The van der Waals surface area contributed by atoms with Crippen molar-refractivity contribution < 1.29 is 0 Å². The van der Waals surface area contributed by atoms with Gasteiger partial charge in [0, 0.05) is 43.9 Å². The van der Waals surface area contributed by atoms with E-state index in [9.17, 15) is 10.1 Å². The van der Waals surface area contributed by atoms with Gasteiger partial charge in [0.05, 0.1) is 17.7 Å². The first-order valence-electron chi connectivity index (χ1n) is 9.63. The number of benzene rings is 1. The maximum absolute atomic E-state index is 12.6. The van der Waals surface area contributed by atoms with Crippen LogP contribution in [0, 0.1) is 17.2 Å². The maximum atomic E-state index is 12.6. The van der Waals surface area contributed by atoms with E-state index in [2.05, 4.69) is 46.7 Å². The third-order valence-electron chi connectivity index (χ3n) is 5.96. The highest BCUT2D eigenvalue weighted by molar-refractivity contribution is 5.37. The molecule has 1 aromatic heterocycles. The molecule has 0 unspecified atom stereocenters. The first-order valence-corrected chi connectivity index (χ1v) is 9.63. The van der Waals surface area contributed by atoms with E-state index in [1.807, 2.05) is 24.3 Å². The number of nitriles is 1. The van der Waals surface area contributed by atoms with Crippen LogP contribution >= 0.6 is 0 Å². The average molecular weight is 362 g/mol. The summed E-state index contributed by atoms with van der Waals surface area (Å²) in [6.07, 6.45) is 1.14. The molecule has 2 aromatic rings. The summed E-state index contributed by atoms with van der Waals surface area (Å²) in [7, 11) is 4.15. The van der Waals surface area contributed by atoms with Gasteiger partial charge in [0.2, 0.25) is 0 Å². The molecule has 4 rings (SSSR count). The van der Waals surface area contributed by atoms with Gasteiger partial charge in [0.25, 0.3) is 5.56 Å². The van der Waals surface area contributed by atoms with Crippen molar-refractivity contribution >= 4 is 0 Å². The van der Waals surface area contributed by atoms with Crippen LogP contribution in [0.3, 0.4) is 0 Å². The minimum absolute atomic E-state index is 0.123. The van der Waals surface area contributed by atoms with E-state index in [-0.39, 0.29) is 11.6 Å². The van der Waals surface area contributed by atoms with Gasteiger partial charge in [-0.3, -0.25) is 9.69 Å². The molecule has 5 heteroatoms. The molecule has 140 valence electrons. The summed E-state index contributed by atoms with van der Waals surface area (Å²) in [5, 5.41) is 9.40. The molecular formula is C22H26N4O. The van der Waals surface area contributed by atoms with Crippen molar-refractivity contribution in [3.8, 4) is 6.07 Å². The number of hydrogen-bond acceptors (Lipinski definition) is 4. The summed E-state index contributed by atoms with van der Waals surface area (Å²) in [6, 6.07) is 16.1. The van der Waals surface area contributed by atoms with E-state index >= 15 is 0 Å². The van der Waals surface area contributed by atoms with Gasteiger partial charge in [-0.25, -0.2) is 0 Å². The molecule has 0 spiro atoms. The van der Waals surface area contributed by atoms with Crippen molar-refractivity contribution in [2.75, 3.05) is 33.7 Å². The van der Waals surface area contributed by atoms with Crippen LogP contribution in [0.2, 0.25) is 0 Å². The van der Waals surface area contributed by atoms with Gasteiger partial charge < -0.3 is 9.47 Å². The van der Waals surface area contributed by atoms with Gasteiger partial charge in [-0.2, -0.15) is 5.26 Å².